The molecule has 2 N–H and O–H groups in total. The number of likely N-dealkylation sites (N-methyl/N-ethyl adjacent to an activating group) is 1. The zero-order chi connectivity index (χ0) is 8.43. The summed E-state index contributed by atoms with van der Waals surface area (Å²) in [6.45, 7) is 1.02. The summed E-state index contributed by atoms with van der Waals surface area (Å²) in [7, 11) is 1.47. The van der Waals surface area contributed by atoms with Gasteiger partial charge in [-0.15, -0.1) is 0 Å². The van der Waals surface area contributed by atoms with Crippen molar-refractivity contribution in [1.29, 1.82) is 0 Å². The van der Waals surface area contributed by atoms with Crippen molar-refractivity contribution in [2.24, 2.45) is 5.73 Å². The minimum atomic E-state index is -0.250. The van der Waals surface area contributed by atoms with Gasteiger partial charge in [0.15, 0.2) is 0 Å². The smallest absolute Gasteiger partial charge is 0.326 e. The number of rotatable bonds is 2. The minimum Gasteiger partial charge on any atom is -0.329 e. The Balaban J connectivity index is 2.60. The molecule has 0 atom stereocenters. The largest absolute Gasteiger partial charge is 0.329 e. The van der Waals surface area contributed by atoms with Crippen LogP contribution in [0.4, 0.5) is 4.79 Å². The summed E-state index contributed by atoms with van der Waals surface area (Å²) in [5.74, 6) is -0.163. The molecule has 1 aliphatic heterocycles. The summed E-state index contributed by atoms with van der Waals surface area (Å²) in [4.78, 5) is 24.5. The standard InChI is InChI=1S/C6H11N3O2/c1-8-5(10)4-9(3-2-7)6(8)11/h2-4,7H2,1H3. The van der Waals surface area contributed by atoms with Crippen LogP contribution in [0.1, 0.15) is 0 Å². The molecule has 0 bridgehead atoms. The molecule has 1 rings (SSSR count). The molecule has 0 aromatic carbocycles. The van der Waals surface area contributed by atoms with Crippen molar-refractivity contribution >= 4 is 11.9 Å². The van der Waals surface area contributed by atoms with Crippen molar-refractivity contribution in [3.05, 3.63) is 0 Å². The third-order valence-electron chi connectivity index (χ3n) is 1.66. The van der Waals surface area contributed by atoms with E-state index in [2.05, 4.69) is 0 Å². The topological polar surface area (TPSA) is 66.6 Å². The highest BCUT2D eigenvalue weighted by molar-refractivity contribution is 6.01. The van der Waals surface area contributed by atoms with Gasteiger partial charge in [-0.05, 0) is 0 Å². The van der Waals surface area contributed by atoms with Gasteiger partial charge in [0, 0.05) is 20.1 Å². The first-order valence-corrected chi connectivity index (χ1v) is 3.42. The van der Waals surface area contributed by atoms with Gasteiger partial charge < -0.3 is 10.6 Å². The maximum absolute atomic E-state index is 11.1. The van der Waals surface area contributed by atoms with Crippen LogP contribution >= 0.6 is 0 Å². The van der Waals surface area contributed by atoms with Crippen molar-refractivity contribution in [3.63, 3.8) is 0 Å². The number of hydrogen-bond donors (Lipinski definition) is 1. The molecule has 0 spiro atoms. The number of carbonyl (C=O) groups is 2. The summed E-state index contributed by atoms with van der Waals surface area (Å²) in [5.41, 5.74) is 5.24. The van der Waals surface area contributed by atoms with Gasteiger partial charge in [-0.2, -0.15) is 0 Å². The summed E-state index contributed by atoms with van der Waals surface area (Å²) < 4.78 is 0. The molecule has 0 saturated carbocycles. The maximum atomic E-state index is 11.1. The summed E-state index contributed by atoms with van der Waals surface area (Å²) >= 11 is 0. The number of amides is 3. The van der Waals surface area contributed by atoms with Gasteiger partial charge in [0.1, 0.15) is 6.54 Å². The Labute approximate surface area is 64.7 Å². The van der Waals surface area contributed by atoms with Gasteiger partial charge in [0.25, 0.3) is 0 Å². The van der Waals surface area contributed by atoms with Crippen LogP contribution in [0.3, 0.4) is 0 Å². The summed E-state index contributed by atoms with van der Waals surface area (Å²) in [6, 6.07) is -0.250. The molecule has 1 saturated heterocycles. The normalized spacial score (nSPS) is 18.4. The van der Waals surface area contributed by atoms with E-state index in [4.69, 9.17) is 5.73 Å². The van der Waals surface area contributed by atoms with Gasteiger partial charge in [-0.3, -0.25) is 9.69 Å². The van der Waals surface area contributed by atoms with E-state index >= 15 is 0 Å². The van der Waals surface area contributed by atoms with Crippen molar-refractivity contribution in [2.45, 2.75) is 0 Å². The van der Waals surface area contributed by atoms with Crippen LogP contribution in [0.25, 0.3) is 0 Å². The summed E-state index contributed by atoms with van der Waals surface area (Å²) in [6.07, 6.45) is 0. The molecule has 11 heavy (non-hydrogen) atoms. The first-order valence-electron chi connectivity index (χ1n) is 3.42. The lowest BCUT2D eigenvalue weighted by Crippen LogP contribution is -2.33. The number of urea groups is 1. The fourth-order valence-electron chi connectivity index (χ4n) is 0.986. The molecule has 5 heteroatoms. The number of imide groups is 1. The number of nitrogens with zero attached hydrogens (tertiary/aromatic N) is 2. The Hall–Kier alpha value is -1.10. The van der Waals surface area contributed by atoms with Crippen LogP contribution in [-0.4, -0.2) is 48.4 Å². The average molecular weight is 157 g/mol. The second kappa shape index (κ2) is 2.87. The second-order valence-electron chi connectivity index (χ2n) is 2.45. The highest BCUT2D eigenvalue weighted by atomic mass is 16.2. The van der Waals surface area contributed by atoms with E-state index < -0.39 is 0 Å². The molecule has 0 unspecified atom stereocenters. The fraction of sp³-hybridized carbons (Fsp3) is 0.667. The Morgan fingerprint density at radius 2 is 2.18 bits per heavy atom. The average Bonchev–Trinajstić information content (AvgIpc) is 2.19. The zero-order valence-corrected chi connectivity index (χ0v) is 6.41. The molecule has 1 aliphatic rings. The van der Waals surface area contributed by atoms with E-state index in [1.54, 1.807) is 0 Å². The lowest BCUT2D eigenvalue weighted by molar-refractivity contribution is -0.124. The molecule has 3 amide bonds. The molecular weight excluding hydrogens is 146 g/mol. The van der Waals surface area contributed by atoms with E-state index in [0.29, 0.717) is 13.1 Å². The lowest BCUT2D eigenvalue weighted by Gasteiger charge is -2.12. The Kier molecular flexibility index (Phi) is 2.09. The summed E-state index contributed by atoms with van der Waals surface area (Å²) in [5, 5.41) is 0. The highest BCUT2D eigenvalue weighted by Gasteiger charge is 2.31. The quantitative estimate of drug-likeness (QED) is 0.514. The van der Waals surface area contributed by atoms with Gasteiger partial charge in [-0.25, -0.2) is 4.79 Å². The van der Waals surface area contributed by atoms with E-state index in [9.17, 15) is 9.59 Å². The molecule has 1 heterocycles. The van der Waals surface area contributed by atoms with Crippen molar-refractivity contribution < 1.29 is 9.59 Å². The highest BCUT2D eigenvalue weighted by Crippen LogP contribution is 2.05. The first-order chi connectivity index (χ1) is 5.16. The van der Waals surface area contributed by atoms with Gasteiger partial charge in [0.05, 0.1) is 0 Å². The zero-order valence-electron chi connectivity index (χ0n) is 6.41. The van der Waals surface area contributed by atoms with Crippen LogP contribution in [0.15, 0.2) is 0 Å². The molecule has 0 radical (unpaired) electrons. The van der Waals surface area contributed by atoms with E-state index in [1.165, 1.54) is 11.9 Å². The van der Waals surface area contributed by atoms with Crippen LogP contribution < -0.4 is 5.73 Å². The van der Waals surface area contributed by atoms with Crippen molar-refractivity contribution in [2.75, 3.05) is 26.7 Å². The Morgan fingerprint density at radius 1 is 1.55 bits per heavy atom. The molecule has 62 valence electrons. The van der Waals surface area contributed by atoms with Crippen molar-refractivity contribution in [3.8, 4) is 0 Å². The van der Waals surface area contributed by atoms with Crippen LogP contribution in [0.2, 0.25) is 0 Å². The molecule has 0 aromatic rings. The second-order valence-corrected chi connectivity index (χ2v) is 2.45. The number of carbonyl (C=O) groups excluding carboxylic acids is 2. The number of hydrogen-bond acceptors (Lipinski definition) is 3. The van der Waals surface area contributed by atoms with Crippen molar-refractivity contribution in [1.82, 2.24) is 9.80 Å². The van der Waals surface area contributed by atoms with E-state index in [0.717, 1.165) is 4.90 Å². The SMILES string of the molecule is CN1C(=O)CN(CCN)C1=O. The van der Waals surface area contributed by atoms with Gasteiger partial charge >= 0.3 is 6.03 Å². The number of nitrogens with two attached hydrogens (primary N) is 1. The predicted octanol–water partition coefficient (Wildman–Crippen LogP) is -1.16. The lowest BCUT2D eigenvalue weighted by atomic mass is 10.5. The van der Waals surface area contributed by atoms with E-state index in [1.807, 2.05) is 0 Å². The third-order valence-corrected chi connectivity index (χ3v) is 1.66. The van der Waals surface area contributed by atoms with Crippen LogP contribution in [0.5, 0.6) is 0 Å². The fourth-order valence-corrected chi connectivity index (χ4v) is 0.986. The molecule has 0 aliphatic carbocycles. The van der Waals surface area contributed by atoms with Gasteiger partial charge in [-0.1, -0.05) is 0 Å². The Bertz CT molecular complexity index is 192. The molecular formula is C6H11N3O2. The molecule has 1 fully saturated rings. The monoisotopic (exact) mass is 157 g/mol. The first kappa shape index (κ1) is 8.00. The van der Waals surface area contributed by atoms with Gasteiger partial charge in [0.2, 0.25) is 5.91 Å². The van der Waals surface area contributed by atoms with Crippen LogP contribution in [0, 0.1) is 0 Å². The van der Waals surface area contributed by atoms with E-state index in [-0.39, 0.29) is 18.5 Å². The third kappa shape index (κ3) is 1.32. The minimum absolute atomic E-state index is 0.163. The van der Waals surface area contributed by atoms with Crippen LogP contribution in [-0.2, 0) is 4.79 Å². The molecule has 5 nitrogen and oxygen atoms in total. The molecule has 0 aromatic heterocycles. The predicted molar refractivity (Wildman–Crippen MR) is 38.8 cm³/mol. The Morgan fingerprint density at radius 3 is 2.55 bits per heavy atom. The maximum Gasteiger partial charge on any atom is 0.326 e.